The van der Waals surface area contributed by atoms with Gasteiger partial charge in [0.05, 0.1) is 4.90 Å². The van der Waals surface area contributed by atoms with Crippen LogP contribution in [0, 0.1) is 0 Å². The van der Waals surface area contributed by atoms with Gasteiger partial charge >= 0.3 is 0 Å². The molecule has 1 aliphatic heterocycles. The summed E-state index contributed by atoms with van der Waals surface area (Å²) in [4.78, 5) is 14.6. The number of likely N-dealkylation sites (tertiary alicyclic amines) is 1. The topological polar surface area (TPSA) is 78.5 Å². The summed E-state index contributed by atoms with van der Waals surface area (Å²) in [7, 11) is -3.59. The molecule has 0 saturated carbocycles. The molecule has 1 amide bonds. The van der Waals surface area contributed by atoms with E-state index in [0.717, 1.165) is 38.9 Å². The molecule has 1 aliphatic rings. The highest BCUT2D eigenvalue weighted by molar-refractivity contribution is 9.10. The minimum absolute atomic E-state index is 0.0926. The van der Waals surface area contributed by atoms with Crippen LogP contribution in [0.2, 0.25) is 0 Å². The first kappa shape index (κ1) is 20.4. The number of carbonyl (C=O) groups excluding carboxylic acids is 1. The van der Waals surface area contributed by atoms with Crippen LogP contribution in [0.5, 0.6) is 0 Å². The van der Waals surface area contributed by atoms with Crippen LogP contribution in [0.4, 0.5) is 0 Å². The Labute approximate surface area is 158 Å². The van der Waals surface area contributed by atoms with Crippen LogP contribution in [0.25, 0.3) is 0 Å². The van der Waals surface area contributed by atoms with Crippen LogP contribution < -0.4 is 10.0 Å². The van der Waals surface area contributed by atoms with Gasteiger partial charge in [0.15, 0.2) is 0 Å². The predicted molar refractivity (Wildman–Crippen MR) is 102 cm³/mol. The van der Waals surface area contributed by atoms with Crippen molar-refractivity contribution in [2.24, 2.45) is 0 Å². The molecule has 0 atom stereocenters. The zero-order chi connectivity index (χ0) is 18.3. The maximum absolute atomic E-state index is 12.2. The van der Waals surface area contributed by atoms with Crippen molar-refractivity contribution < 1.29 is 13.2 Å². The molecule has 0 spiro atoms. The molecular weight excluding hydrogens is 406 g/mol. The Morgan fingerprint density at radius 2 is 2.04 bits per heavy atom. The molecule has 1 saturated heterocycles. The van der Waals surface area contributed by atoms with E-state index < -0.39 is 10.0 Å². The Balaban J connectivity index is 1.72. The van der Waals surface area contributed by atoms with Gasteiger partial charge in [0.1, 0.15) is 0 Å². The van der Waals surface area contributed by atoms with Gasteiger partial charge in [-0.25, -0.2) is 13.1 Å². The smallest absolute Gasteiger partial charge is 0.240 e. The molecule has 1 aromatic carbocycles. The van der Waals surface area contributed by atoms with Crippen molar-refractivity contribution >= 4 is 31.9 Å². The first-order valence-corrected chi connectivity index (χ1v) is 11.0. The fourth-order valence-corrected chi connectivity index (χ4v) is 4.56. The van der Waals surface area contributed by atoms with Crippen molar-refractivity contribution in [3.05, 3.63) is 28.7 Å². The minimum atomic E-state index is -3.59. The van der Waals surface area contributed by atoms with Crippen molar-refractivity contribution in [3.63, 3.8) is 0 Å². The largest absolute Gasteiger partial charge is 0.353 e. The highest BCUT2D eigenvalue weighted by Gasteiger charge is 2.20. The van der Waals surface area contributed by atoms with Crippen LogP contribution in [-0.2, 0) is 14.8 Å². The number of sulfonamides is 1. The quantitative estimate of drug-likeness (QED) is 0.660. The molecule has 8 heteroatoms. The van der Waals surface area contributed by atoms with E-state index in [0.29, 0.717) is 4.47 Å². The van der Waals surface area contributed by atoms with Gasteiger partial charge in [-0.05, 0) is 44.0 Å². The average molecular weight is 432 g/mol. The zero-order valence-electron chi connectivity index (χ0n) is 14.5. The number of piperidine rings is 1. The Hall–Kier alpha value is -0.960. The molecule has 0 bridgehead atoms. The maximum atomic E-state index is 12.2. The summed E-state index contributed by atoms with van der Waals surface area (Å²) in [6.45, 7) is 5.39. The number of hydrogen-bond acceptors (Lipinski definition) is 4. The number of benzene rings is 1. The van der Waals surface area contributed by atoms with Crippen LogP contribution in [0.1, 0.15) is 32.6 Å². The van der Waals surface area contributed by atoms with Crippen molar-refractivity contribution in [3.8, 4) is 0 Å². The number of rotatable bonds is 8. The highest BCUT2D eigenvalue weighted by Crippen LogP contribution is 2.15. The van der Waals surface area contributed by atoms with Gasteiger partial charge in [0.2, 0.25) is 15.9 Å². The molecule has 1 heterocycles. The van der Waals surface area contributed by atoms with E-state index in [4.69, 9.17) is 0 Å². The molecule has 0 aromatic heterocycles. The molecule has 1 fully saturated rings. The number of halogens is 1. The van der Waals surface area contributed by atoms with E-state index in [9.17, 15) is 13.2 Å². The molecule has 2 N–H and O–H groups in total. The molecule has 0 radical (unpaired) electrons. The summed E-state index contributed by atoms with van der Waals surface area (Å²) in [6.07, 6.45) is 3.20. The predicted octanol–water partition coefficient (Wildman–Crippen LogP) is 2.11. The van der Waals surface area contributed by atoms with E-state index in [-0.39, 0.29) is 29.8 Å². The molecule has 6 nitrogen and oxygen atoms in total. The van der Waals surface area contributed by atoms with Gasteiger partial charge in [0.25, 0.3) is 0 Å². The van der Waals surface area contributed by atoms with Gasteiger partial charge in [-0.2, -0.15) is 0 Å². The van der Waals surface area contributed by atoms with E-state index in [2.05, 4.69) is 37.8 Å². The zero-order valence-corrected chi connectivity index (χ0v) is 16.9. The van der Waals surface area contributed by atoms with Gasteiger partial charge < -0.3 is 10.2 Å². The summed E-state index contributed by atoms with van der Waals surface area (Å²) in [5.74, 6) is -0.106. The molecule has 140 valence electrons. The third-order valence-electron chi connectivity index (χ3n) is 4.24. The van der Waals surface area contributed by atoms with E-state index in [1.54, 1.807) is 12.1 Å². The SMILES string of the molecule is CCCN1CCC(NC(=O)CCNS(=O)(=O)c2cccc(Br)c2)CC1. The monoisotopic (exact) mass is 431 g/mol. The van der Waals surface area contributed by atoms with E-state index >= 15 is 0 Å². The van der Waals surface area contributed by atoms with Gasteiger partial charge in [0, 0.05) is 36.6 Å². The average Bonchev–Trinajstić information content (AvgIpc) is 2.57. The number of nitrogens with one attached hydrogen (secondary N) is 2. The van der Waals surface area contributed by atoms with Crippen molar-refractivity contribution in [1.29, 1.82) is 0 Å². The number of carbonyl (C=O) groups is 1. The lowest BCUT2D eigenvalue weighted by molar-refractivity contribution is -0.121. The van der Waals surface area contributed by atoms with Crippen LogP contribution in [-0.4, -0.2) is 51.4 Å². The first-order valence-electron chi connectivity index (χ1n) is 8.67. The van der Waals surface area contributed by atoms with E-state index in [1.807, 2.05) is 0 Å². The molecule has 2 rings (SSSR count). The summed E-state index contributed by atoms with van der Waals surface area (Å²) < 4.78 is 27.5. The summed E-state index contributed by atoms with van der Waals surface area (Å²) in [5.41, 5.74) is 0. The second kappa shape index (κ2) is 9.66. The Kier molecular flexibility index (Phi) is 7.86. The Bertz CT molecular complexity index is 673. The summed E-state index contributed by atoms with van der Waals surface area (Å²) in [6, 6.07) is 6.68. The maximum Gasteiger partial charge on any atom is 0.240 e. The first-order chi connectivity index (χ1) is 11.9. The third-order valence-corrected chi connectivity index (χ3v) is 6.20. The number of hydrogen-bond donors (Lipinski definition) is 2. The van der Waals surface area contributed by atoms with Gasteiger partial charge in [-0.15, -0.1) is 0 Å². The van der Waals surface area contributed by atoms with Gasteiger partial charge in [-0.3, -0.25) is 4.79 Å². The Morgan fingerprint density at radius 1 is 1.32 bits per heavy atom. The summed E-state index contributed by atoms with van der Waals surface area (Å²) >= 11 is 3.26. The molecular formula is C17H26BrN3O3S. The lowest BCUT2D eigenvalue weighted by atomic mass is 10.0. The standard InChI is InChI=1S/C17H26BrN3O3S/c1-2-10-21-11-7-15(8-12-21)20-17(22)6-9-19-25(23,24)16-5-3-4-14(18)13-16/h3-5,13,15,19H,2,6-12H2,1H3,(H,20,22). The summed E-state index contributed by atoms with van der Waals surface area (Å²) in [5, 5.41) is 3.01. The van der Waals surface area contributed by atoms with Crippen LogP contribution in [0.3, 0.4) is 0 Å². The molecule has 25 heavy (non-hydrogen) atoms. The minimum Gasteiger partial charge on any atom is -0.353 e. The highest BCUT2D eigenvalue weighted by atomic mass is 79.9. The van der Waals surface area contributed by atoms with Crippen LogP contribution in [0.15, 0.2) is 33.6 Å². The molecule has 1 aromatic rings. The fraction of sp³-hybridized carbons (Fsp3) is 0.588. The fourth-order valence-electron chi connectivity index (χ4n) is 2.93. The molecule has 0 unspecified atom stereocenters. The van der Waals surface area contributed by atoms with Crippen LogP contribution >= 0.6 is 15.9 Å². The van der Waals surface area contributed by atoms with Crippen molar-refractivity contribution in [1.82, 2.24) is 14.9 Å². The third kappa shape index (κ3) is 6.69. The van der Waals surface area contributed by atoms with Crippen molar-refractivity contribution in [2.45, 2.75) is 43.5 Å². The second-order valence-electron chi connectivity index (χ2n) is 6.29. The van der Waals surface area contributed by atoms with Gasteiger partial charge in [-0.1, -0.05) is 28.9 Å². The second-order valence-corrected chi connectivity index (χ2v) is 8.97. The van der Waals surface area contributed by atoms with E-state index in [1.165, 1.54) is 12.1 Å². The lowest BCUT2D eigenvalue weighted by Gasteiger charge is -2.32. The normalized spacial score (nSPS) is 16.7. The number of amides is 1. The number of nitrogens with zero attached hydrogens (tertiary/aromatic N) is 1. The lowest BCUT2D eigenvalue weighted by Crippen LogP contribution is -2.45. The van der Waals surface area contributed by atoms with Crippen molar-refractivity contribution in [2.75, 3.05) is 26.2 Å². The Morgan fingerprint density at radius 3 is 2.68 bits per heavy atom. The molecule has 0 aliphatic carbocycles.